The third-order valence-corrected chi connectivity index (χ3v) is 6.03. The van der Waals surface area contributed by atoms with Gasteiger partial charge in [-0.1, -0.05) is 30.3 Å². The number of carboxylic acids is 1. The van der Waals surface area contributed by atoms with E-state index in [1.54, 1.807) is 4.90 Å². The molecule has 2 aromatic heterocycles. The Labute approximate surface area is 166 Å². The number of morpholine rings is 1. The van der Waals surface area contributed by atoms with E-state index in [4.69, 9.17) is 9.84 Å². The molecule has 0 bridgehead atoms. The van der Waals surface area contributed by atoms with Gasteiger partial charge in [-0.05, 0) is 18.6 Å². The highest BCUT2D eigenvalue weighted by Gasteiger charge is 2.31. The first kappa shape index (κ1) is 18.6. The summed E-state index contributed by atoms with van der Waals surface area (Å²) in [7, 11) is 0. The van der Waals surface area contributed by atoms with Crippen molar-refractivity contribution in [3.8, 4) is 0 Å². The number of aromatic nitrogens is 2. The number of fused-ring (bicyclic) bond motifs is 1. The Morgan fingerprint density at radius 3 is 2.86 bits per heavy atom. The Kier molecular flexibility index (Phi) is 5.15. The van der Waals surface area contributed by atoms with Crippen molar-refractivity contribution >= 4 is 33.4 Å². The molecule has 7 nitrogen and oxygen atoms in total. The predicted octanol–water partition coefficient (Wildman–Crippen LogP) is 2.77. The minimum absolute atomic E-state index is 0.114. The molecular weight excluding hydrogens is 378 g/mol. The van der Waals surface area contributed by atoms with Crippen molar-refractivity contribution in [2.45, 2.75) is 25.9 Å². The van der Waals surface area contributed by atoms with E-state index in [2.05, 4.69) is 5.10 Å². The molecule has 1 unspecified atom stereocenters. The fraction of sp³-hybridized carbons (Fsp3) is 0.350. The Hall–Kier alpha value is -2.71. The summed E-state index contributed by atoms with van der Waals surface area (Å²) in [6.45, 7) is 3.66. The minimum atomic E-state index is -0.931. The molecule has 0 radical (unpaired) electrons. The van der Waals surface area contributed by atoms with Crippen LogP contribution in [0, 0.1) is 6.92 Å². The quantitative estimate of drug-likeness (QED) is 0.713. The molecule has 1 aliphatic heterocycles. The monoisotopic (exact) mass is 399 g/mol. The molecule has 1 aliphatic rings. The summed E-state index contributed by atoms with van der Waals surface area (Å²) < 4.78 is 7.31. The van der Waals surface area contributed by atoms with Gasteiger partial charge in [-0.25, -0.2) is 0 Å². The van der Waals surface area contributed by atoms with E-state index in [0.29, 0.717) is 24.6 Å². The average molecular weight is 399 g/mol. The maximum Gasteiger partial charge on any atom is 0.305 e. The van der Waals surface area contributed by atoms with Gasteiger partial charge < -0.3 is 14.7 Å². The van der Waals surface area contributed by atoms with E-state index in [9.17, 15) is 9.59 Å². The van der Waals surface area contributed by atoms with Gasteiger partial charge in [0.15, 0.2) is 0 Å². The summed E-state index contributed by atoms with van der Waals surface area (Å²) in [6, 6.07) is 11.5. The molecule has 1 fully saturated rings. The van der Waals surface area contributed by atoms with Gasteiger partial charge in [-0.2, -0.15) is 5.10 Å². The molecule has 0 saturated carbocycles. The Bertz CT molecular complexity index is 1010. The molecule has 3 heterocycles. The number of thiophene rings is 1. The number of amides is 1. The normalized spacial score (nSPS) is 17.2. The van der Waals surface area contributed by atoms with Crippen molar-refractivity contribution in [1.29, 1.82) is 0 Å². The van der Waals surface area contributed by atoms with Crippen molar-refractivity contribution < 1.29 is 19.4 Å². The fourth-order valence-corrected chi connectivity index (χ4v) is 4.63. The third kappa shape index (κ3) is 3.65. The van der Waals surface area contributed by atoms with E-state index < -0.39 is 12.0 Å². The maximum absolute atomic E-state index is 13.1. The van der Waals surface area contributed by atoms with E-state index in [0.717, 1.165) is 21.5 Å². The van der Waals surface area contributed by atoms with Crippen LogP contribution in [0.1, 0.15) is 27.3 Å². The van der Waals surface area contributed by atoms with Gasteiger partial charge in [-0.15, -0.1) is 11.3 Å². The standard InChI is InChI=1S/C20H21N3O4S/c1-13-16-10-17(19(26)22-7-8-27-12-15(22)9-18(24)25)28-20(16)23(21-13)11-14-5-3-2-4-6-14/h2-6,10,15H,7-9,11-12H2,1H3,(H,24,25). The lowest BCUT2D eigenvalue weighted by molar-refractivity contribution is -0.139. The zero-order valence-electron chi connectivity index (χ0n) is 15.5. The van der Waals surface area contributed by atoms with Crippen LogP contribution in [0.3, 0.4) is 0 Å². The Balaban J connectivity index is 1.63. The van der Waals surface area contributed by atoms with Crippen LogP contribution in [-0.2, 0) is 16.1 Å². The van der Waals surface area contributed by atoms with Crippen LogP contribution in [0.4, 0.5) is 0 Å². The van der Waals surface area contributed by atoms with Gasteiger partial charge in [0, 0.05) is 11.9 Å². The van der Waals surface area contributed by atoms with Crippen molar-refractivity contribution in [2.75, 3.05) is 19.8 Å². The first-order valence-electron chi connectivity index (χ1n) is 9.14. The van der Waals surface area contributed by atoms with Crippen LogP contribution in [0.15, 0.2) is 36.4 Å². The summed E-state index contributed by atoms with van der Waals surface area (Å²) in [5.41, 5.74) is 2.02. The topological polar surface area (TPSA) is 84.7 Å². The SMILES string of the molecule is Cc1nn(Cc2ccccc2)c2sc(C(=O)N3CCOCC3CC(=O)O)cc12. The lowest BCUT2D eigenvalue weighted by Crippen LogP contribution is -2.49. The number of hydrogen-bond acceptors (Lipinski definition) is 5. The van der Waals surface area contributed by atoms with Crippen LogP contribution < -0.4 is 0 Å². The van der Waals surface area contributed by atoms with Crippen molar-refractivity contribution in [1.82, 2.24) is 14.7 Å². The molecule has 1 saturated heterocycles. The highest BCUT2D eigenvalue weighted by atomic mass is 32.1. The number of nitrogens with zero attached hydrogens (tertiary/aromatic N) is 3. The van der Waals surface area contributed by atoms with E-state index >= 15 is 0 Å². The van der Waals surface area contributed by atoms with Gasteiger partial charge in [0.25, 0.3) is 5.91 Å². The fourth-order valence-electron chi connectivity index (χ4n) is 3.52. The number of benzene rings is 1. The molecule has 0 aliphatic carbocycles. The van der Waals surface area contributed by atoms with E-state index in [1.807, 2.05) is 48.0 Å². The second kappa shape index (κ2) is 7.73. The summed E-state index contributed by atoms with van der Waals surface area (Å²) in [5.74, 6) is -1.07. The summed E-state index contributed by atoms with van der Waals surface area (Å²) in [5, 5.41) is 14.7. The number of ether oxygens (including phenoxy) is 1. The minimum Gasteiger partial charge on any atom is -0.481 e. The van der Waals surface area contributed by atoms with Crippen molar-refractivity contribution in [3.05, 3.63) is 52.5 Å². The van der Waals surface area contributed by atoms with Gasteiger partial charge in [-0.3, -0.25) is 14.3 Å². The molecule has 3 aromatic rings. The predicted molar refractivity (Wildman–Crippen MR) is 106 cm³/mol. The lowest BCUT2D eigenvalue weighted by Gasteiger charge is -2.34. The second-order valence-corrected chi connectivity index (χ2v) is 7.91. The van der Waals surface area contributed by atoms with Gasteiger partial charge >= 0.3 is 5.97 Å². The number of carbonyl (C=O) groups excluding carboxylic acids is 1. The molecule has 146 valence electrons. The molecule has 1 amide bonds. The second-order valence-electron chi connectivity index (χ2n) is 6.88. The number of rotatable bonds is 5. The zero-order chi connectivity index (χ0) is 19.7. The van der Waals surface area contributed by atoms with Crippen LogP contribution >= 0.6 is 11.3 Å². The van der Waals surface area contributed by atoms with Gasteiger partial charge in [0.2, 0.25) is 0 Å². The molecule has 0 spiro atoms. The van der Waals surface area contributed by atoms with Gasteiger partial charge in [0.05, 0.1) is 42.8 Å². The Morgan fingerprint density at radius 2 is 2.11 bits per heavy atom. The van der Waals surface area contributed by atoms with Crippen LogP contribution in [-0.4, -0.2) is 57.5 Å². The molecule has 28 heavy (non-hydrogen) atoms. The third-order valence-electron chi connectivity index (χ3n) is 4.89. The highest BCUT2D eigenvalue weighted by Crippen LogP contribution is 2.30. The molecule has 1 atom stereocenters. The van der Waals surface area contributed by atoms with Gasteiger partial charge in [0.1, 0.15) is 4.83 Å². The molecule has 8 heteroatoms. The summed E-state index contributed by atoms with van der Waals surface area (Å²) >= 11 is 1.41. The number of hydrogen-bond donors (Lipinski definition) is 1. The smallest absolute Gasteiger partial charge is 0.305 e. The highest BCUT2D eigenvalue weighted by molar-refractivity contribution is 7.20. The van der Waals surface area contributed by atoms with Crippen molar-refractivity contribution in [2.24, 2.45) is 0 Å². The Morgan fingerprint density at radius 1 is 1.32 bits per heavy atom. The van der Waals surface area contributed by atoms with Crippen LogP contribution in [0.5, 0.6) is 0 Å². The zero-order valence-corrected chi connectivity index (χ0v) is 16.3. The largest absolute Gasteiger partial charge is 0.481 e. The molecule has 4 rings (SSSR count). The molecule has 1 aromatic carbocycles. The van der Waals surface area contributed by atoms with Crippen molar-refractivity contribution in [3.63, 3.8) is 0 Å². The number of aryl methyl sites for hydroxylation is 1. The van der Waals surface area contributed by atoms with E-state index in [1.165, 1.54) is 11.3 Å². The maximum atomic E-state index is 13.1. The number of aliphatic carboxylic acids is 1. The van der Waals surface area contributed by atoms with Crippen LogP contribution in [0.2, 0.25) is 0 Å². The van der Waals surface area contributed by atoms with E-state index in [-0.39, 0.29) is 18.9 Å². The first-order valence-corrected chi connectivity index (χ1v) is 9.96. The van der Waals surface area contributed by atoms with Crippen LogP contribution in [0.25, 0.3) is 10.2 Å². The number of carbonyl (C=O) groups is 2. The molecular formula is C20H21N3O4S. The number of carboxylic acid groups (broad SMARTS) is 1. The summed E-state index contributed by atoms with van der Waals surface area (Å²) in [4.78, 5) is 27.4. The first-order chi connectivity index (χ1) is 13.5. The molecule has 1 N–H and O–H groups in total. The average Bonchev–Trinajstić information content (AvgIpc) is 3.24. The summed E-state index contributed by atoms with van der Waals surface area (Å²) in [6.07, 6.45) is -0.114. The lowest BCUT2D eigenvalue weighted by atomic mass is 10.1.